The molecular formula is C16H18N2O. The van der Waals surface area contributed by atoms with Gasteiger partial charge in [0, 0.05) is 30.0 Å². The molecular weight excluding hydrogens is 236 g/mol. The summed E-state index contributed by atoms with van der Waals surface area (Å²) in [5.41, 5.74) is 7.92. The molecule has 0 aliphatic heterocycles. The average Bonchev–Trinajstić information content (AvgIpc) is 2.86. The Morgan fingerprint density at radius 3 is 2.89 bits per heavy atom. The average molecular weight is 254 g/mol. The van der Waals surface area contributed by atoms with Gasteiger partial charge in [-0.15, -0.1) is 0 Å². The SMILES string of the molecule is NC1CCC(C(=O)Cc2ccnc3ccccc23)C1. The second kappa shape index (κ2) is 5.10. The van der Waals surface area contributed by atoms with E-state index in [2.05, 4.69) is 4.98 Å². The van der Waals surface area contributed by atoms with Crippen LogP contribution in [-0.4, -0.2) is 16.8 Å². The van der Waals surface area contributed by atoms with Crippen molar-refractivity contribution in [2.45, 2.75) is 31.7 Å². The van der Waals surface area contributed by atoms with Crippen molar-refractivity contribution in [1.29, 1.82) is 0 Å². The van der Waals surface area contributed by atoms with Crippen molar-refractivity contribution in [2.75, 3.05) is 0 Å². The number of hydrogen-bond donors (Lipinski definition) is 1. The van der Waals surface area contributed by atoms with Crippen LogP contribution in [0.5, 0.6) is 0 Å². The summed E-state index contributed by atoms with van der Waals surface area (Å²) < 4.78 is 0. The Labute approximate surface area is 112 Å². The lowest BCUT2D eigenvalue weighted by Crippen LogP contribution is -2.19. The number of Topliss-reactive ketones (excluding diaryl/α,β-unsaturated/α-hetero) is 1. The van der Waals surface area contributed by atoms with Gasteiger partial charge in [-0.2, -0.15) is 0 Å². The third-order valence-corrected chi connectivity index (χ3v) is 4.03. The summed E-state index contributed by atoms with van der Waals surface area (Å²) in [6.45, 7) is 0. The lowest BCUT2D eigenvalue weighted by molar-refractivity contribution is -0.122. The molecule has 19 heavy (non-hydrogen) atoms. The van der Waals surface area contributed by atoms with E-state index in [1.54, 1.807) is 6.20 Å². The van der Waals surface area contributed by atoms with E-state index in [9.17, 15) is 4.79 Å². The third-order valence-electron chi connectivity index (χ3n) is 4.03. The van der Waals surface area contributed by atoms with Gasteiger partial charge >= 0.3 is 0 Å². The number of fused-ring (bicyclic) bond motifs is 1. The van der Waals surface area contributed by atoms with Crippen LogP contribution in [0.2, 0.25) is 0 Å². The number of carbonyl (C=O) groups is 1. The zero-order valence-electron chi connectivity index (χ0n) is 10.9. The topological polar surface area (TPSA) is 56.0 Å². The number of nitrogens with zero attached hydrogens (tertiary/aromatic N) is 1. The quantitative estimate of drug-likeness (QED) is 0.915. The maximum Gasteiger partial charge on any atom is 0.140 e. The van der Waals surface area contributed by atoms with Crippen LogP contribution < -0.4 is 5.73 Å². The molecule has 1 aromatic heterocycles. The molecule has 2 aromatic rings. The molecule has 0 saturated heterocycles. The highest BCUT2D eigenvalue weighted by atomic mass is 16.1. The lowest BCUT2D eigenvalue weighted by atomic mass is 9.95. The van der Waals surface area contributed by atoms with Gasteiger partial charge in [-0.05, 0) is 37.0 Å². The smallest absolute Gasteiger partial charge is 0.140 e. The van der Waals surface area contributed by atoms with Crippen molar-refractivity contribution in [1.82, 2.24) is 4.98 Å². The summed E-state index contributed by atoms with van der Waals surface area (Å²) >= 11 is 0. The minimum absolute atomic E-state index is 0.155. The van der Waals surface area contributed by atoms with Crippen molar-refractivity contribution in [3.05, 3.63) is 42.1 Å². The largest absolute Gasteiger partial charge is 0.328 e. The molecule has 1 fully saturated rings. The van der Waals surface area contributed by atoms with Crippen LogP contribution in [-0.2, 0) is 11.2 Å². The Balaban J connectivity index is 1.83. The monoisotopic (exact) mass is 254 g/mol. The number of para-hydroxylation sites is 1. The van der Waals surface area contributed by atoms with Gasteiger partial charge in [0.1, 0.15) is 5.78 Å². The van der Waals surface area contributed by atoms with Crippen molar-refractivity contribution >= 4 is 16.7 Å². The number of nitrogens with two attached hydrogens (primary N) is 1. The molecule has 1 aromatic carbocycles. The second-order valence-electron chi connectivity index (χ2n) is 5.40. The van der Waals surface area contributed by atoms with Gasteiger partial charge in [-0.25, -0.2) is 0 Å². The maximum atomic E-state index is 12.3. The van der Waals surface area contributed by atoms with E-state index in [0.717, 1.165) is 35.7 Å². The number of aromatic nitrogens is 1. The highest BCUT2D eigenvalue weighted by Crippen LogP contribution is 2.27. The van der Waals surface area contributed by atoms with Crippen LogP contribution in [0.1, 0.15) is 24.8 Å². The van der Waals surface area contributed by atoms with E-state index in [0.29, 0.717) is 12.2 Å². The molecule has 2 N–H and O–H groups in total. The molecule has 98 valence electrons. The summed E-state index contributed by atoms with van der Waals surface area (Å²) in [4.78, 5) is 16.7. The van der Waals surface area contributed by atoms with Crippen molar-refractivity contribution in [3.8, 4) is 0 Å². The molecule has 3 rings (SSSR count). The standard InChI is InChI=1S/C16H18N2O/c17-13-6-5-12(9-13)16(19)10-11-7-8-18-15-4-2-1-3-14(11)15/h1-4,7-8,12-13H,5-6,9-10,17H2. The number of rotatable bonds is 3. The Hall–Kier alpha value is -1.74. The zero-order chi connectivity index (χ0) is 13.2. The van der Waals surface area contributed by atoms with Crippen LogP contribution in [0.4, 0.5) is 0 Å². The molecule has 0 amide bonds. The fraction of sp³-hybridized carbons (Fsp3) is 0.375. The van der Waals surface area contributed by atoms with Gasteiger partial charge in [0.2, 0.25) is 0 Å². The minimum atomic E-state index is 0.155. The van der Waals surface area contributed by atoms with E-state index in [1.165, 1.54) is 0 Å². The number of benzene rings is 1. The molecule has 1 aliphatic rings. The van der Waals surface area contributed by atoms with Crippen LogP contribution in [0, 0.1) is 5.92 Å². The molecule has 1 aliphatic carbocycles. The van der Waals surface area contributed by atoms with E-state index in [4.69, 9.17) is 5.73 Å². The summed E-state index contributed by atoms with van der Waals surface area (Å²) in [5, 5.41) is 1.08. The molecule has 0 spiro atoms. The highest BCUT2D eigenvalue weighted by molar-refractivity contribution is 5.90. The first-order valence-electron chi connectivity index (χ1n) is 6.85. The molecule has 2 unspecified atom stereocenters. The van der Waals surface area contributed by atoms with Gasteiger partial charge in [0.05, 0.1) is 5.52 Å². The van der Waals surface area contributed by atoms with Crippen molar-refractivity contribution < 1.29 is 4.79 Å². The van der Waals surface area contributed by atoms with Gasteiger partial charge < -0.3 is 5.73 Å². The van der Waals surface area contributed by atoms with Gasteiger partial charge in [-0.3, -0.25) is 9.78 Å². The number of pyridine rings is 1. The first-order chi connectivity index (χ1) is 9.24. The Morgan fingerprint density at radius 1 is 1.26 bits per heavy atom. The Morgan fingerprint density at radius 2 is 2.11 bits per heavy atom. The summed E-state index contributed by atoms with van der Waals surface area (Å²) in [5.74, 6) is 0.478. The van der Waals surface area contributed by atoms with E-state index in [1.807, 2.05) is 30.3 Å². The molecule has 0 radical (unpaired) electrons. The van der Waals surface area contributed by atoms with Gasteiger partial charge in [0.25, 0.3) is 0 Å². The van der Waals surface area contributed by atoms with Gasteiger partial charge in [-0.1, -0.05) is 18.2 Å². The molecule has 3 heteroatoms. The summed E-state index contributed by atoms with van der Waals surface area (Å²) in [6, 6.07) is 10.1. The predicted molar refractivity (Wildman–Crippen MR) is 75.8 cm³/mol. The lowest BCUT2D eigenvalue weighted by Gasteiger charge is -2.10. The zero-order valence-corrected chi connectivity index (χ0v) is 10.9. The van der Waals surface area contributed by atoms with Crippen LogP contribution in [0.25, 0.3) is 10.9 Å². The number of hydrogen-bond acceptors (Lipinski definition) is 3. The van der Waals surface area contributed by atoms with Crippen molar-refractivity contribution in [3.63, 3.8) is 0 Å². The fourth-order valence-corrected chi connectivity index (χ4v) is 2.95. The van der Waals surface area contributed by atoms with E-state index in [-0.39, 0.29) is 12.0 Å². The summed E-state index contributed by atoms with van der Waals surface area (Å²) in [6.07, 6.45) is 5.06. The summed E-state index contributed by atoms with van der Waals surface area (Å²) in [7, 11) is 0. The van der Waals surface area contributed by atoms with E-state index >= 15 is 0 Å². The van der Waals surface area contributed by atoms with Crippen LogP contribution in [0.3, 0.4) is 0 Å². The molecule has 1 saturated carbocycles. The Kier molecular flexibility index (Phi) is 3.30. The normalized spacial score (nSPS) is 22.8. The van der Waals surface area contributed by atoms with Crippen LogP contribution in [0.15, 0.2) is 36.5 Å². The minimum Gasteiger partial charge on any atom is -0.328 e. The van der Waals surface area contributed by atoms with E-state index < -0.39 is 0 Å². The van der Waals surface area contributed by atoms with Crippen LogP contribution >= 0.6 is 0 Å². The predicted octanol–water partition coefficient (Wildman–Crippen LogP) is 2.47. The number of ketones is 1. The van der Waals surface area contributed by atoms with Gasteiger partial charge in [0.15, 0.2) is 0 Å². The molecule has 2 atom stereocenters. The Bertz CT molecular complexity index is 603. The first-order valence-corrected chi connectivity index (χ1v) is 6.85. The molecule has 3 nitrogen and oxygen atoms in total. The highest BCUT2D eigenvalue weighted by Gasteiger charge is 2.27. The fourth-order valence-electron chi connectivity index (χ4n) is 2.95. The molecule has 1 heterocycles. The second-order valence-corrected chi connectivity index (χ2v) is 5.40. The maximum absolute atomic E-state index is 12.3. The first kappa shape index (κ1) is 12.3. The molecule has 0 bridgehead atoms. The van der Waals surface area contributed by atoms with Crippen molar-refractivity contribution in [2.24, 2.45) is 11.7 Å². The number of carbonyl (C=O) groups excluding carboxylic acids is 1. The third kappa shape index (κ3) is 2.51.